The summed E-state index contributed by atoms with van der Waals surface area (Å²) in [6.45, 7) is 1.38. The van der Waals surface area contributed by atoms with Crippen molar-refractivity contribution in [3.63, 3.8) is 0 Å². The second kappa shape index (κ2) is 7.11. The van der Waals surface area contributed by atoms with Crippen LogP contribution in [0, 0.1) is 0 Å². The van der Waals surface area contributed by atoms with Gasteiger partial charge in [0.1, 0.15) is 4.21 Å². The van der Waals surface area contributed by atoms with E-state index in [4.69, 9.17) is 0 Å². The molecule has 20 heavy (non-hydrogen) atoms. The molecule has 4 nitrogen and oxygen atoms in total. The lowest BCUT2D eigenvalue weighted by Crippen LogP contribution is -2.46. The first-order valence-corrected chi connectivity index (χ1v) is 10.6. The average molecular weight is 399 g/mol. The molecule has 1 aliphatic rings. The standard InChI is InChI=1S/C12H19BrN2O2S3/c1-14(2)8-10-9-18-7-3-6-15(10)20(16,17)12-5-4-11(13)19-12/h4-5,10H,3,6-9H2,1-2H3. The van der Waals surface area contributed by atoms with Crippen molar-refractivity contribution >= 4 is 49.1 Å². The maximum atomic E-state index is 12.8. The maximum absolute atomic E-state index is 12.8. The van der Waals surface area contributed by atoms with Gasteiger partial charge in [-0.25, -0.2) is 8.42 Å². The normalized spacial score (nSPS) is 22.1. The molecule has 114 valence electrons. The molecule has 0 bridgehead atoms. The van der Waals surface area contributed by atoms with E-state index in [0.29, 0.717) is 10.8 Å². The maximum Gasteiger partial charge on any atom is 0.252 e. The van der Waals surface area contributed by atoms with E-state index in [-0.39, 0.29) is 6.04 Å². The average Bonchev–Trinajstić information content (AvgIpc) is 2.66. The Hall–Kier alpha value is 0.400. The van der Waals surface area contributed by atoms with Crippen LogP contribution < -0.4 is 0 Å². The van der Waals surface area contributed by atoms with Gasteiger partial charge >= 0.3 is 0 Å². The SMILES string of the molecule is CN(C)CC1CSCCCN1S(=O)(=O)c1ccc(Br)s1. The number of likely N-dealkylation sites (N-methyl/N-ethyl adjacent to an activating group) is 1. The number of halogens is 1. The predicted molar refractivity (Wildman–Crippen MR) is 90.2 cm³/mol. The highest BCUT2D eigenvalue weighted by molar-refractivity contribution is 9.11. The quantitative estimate of drug-likeness (QED) is 0.781. The molecule has 2 heterocycles. The minimum Gasteiger partial charge on any atom is -0.308 e. The van der Waals surface area contributed by atoms with Crippen molar-refractivity contribution in [2.24, 2.45) is 0 Å². The Morgan fingerprint density at radius 3 is 2.80 bits per heavy atom. The van der Waals surface area contributed by atoms with Gasteiger partial charge in [-0.05, 0) is 54.3 Å². The molecule has 1 aliphatic heterocycles. The molecule has 8 heteroatoms. The zero-order valence-electron chi connectivity index (χ0n) is 11.6. The van der Waals surface area contributed by atoms with Crippen molar-refractivity contribution in [1.82, 2.24) is 9.21 Å². The van der Waals surface area contributed by atoms with Crippen LogP contribution in [0.2, 0.25) is 0 Å². The summed E-state index contributed by atoms with van der Waals surface area (Å²) in [5, 5.41) is 0. The molecule has 1 aromatic heterocycles. The third kappa shape index (κ3) is 3.98. The number of thioether (sulfide) groups is 1. The fraction of sp³-hybridized carbons (Fsp3) is 0.667. The highest BCUT2D eigenvalue weighted by Crippen LogP contribution is 2.31. The Labute approximate surface area is 137 Å². The van der Waals surface area contributed by atoms with E-state index in [1.54, 1.807) is 16.4 Å². The Morgan fingerprint density at radius 2 is 2.20 bits per heavy atom. The third-order valence-electron chi connectivity index (χ3n) is 3.07. The van der Waals surface area contributed by atoms with Crippen LogP contribution in [0.3, 0.4) is 0 Å². The highest BCUT2D eigenvalue weighted by Gasteiger charge is 2.33. The fourth-order valence-electron chi connectivity index (χ4n) is 2.24. The monoisotopic (exact) mass is 398 g/mol. The minimum atomic E-state index is -3.38. The van der Waals surface area contributed by atoms with Gasteiger partial charge in [-0.1, -0.05) is 0 Å². The number of nitrogens with zero attached hydrogens (tertiary/aromatic N) is 2. The number of hydrogen-bond donors (Lipinski definition) is 0. The molecular formula is C12H19BrN2O2S3. The number of rotatable bonds is 4. The summed E-state index contributed by atoms with van der Waals surface area (Å²) < 4.78 is 28.6. The Kier molecular flexibility index (Phi) is 5.96. The van der Waals surface area contributed by atoms with E-state index < -0.39 is 10.0 Å². The molecule has 1 saturated heterocycles. The van der Waals surface area contributed by atoms with Crippen molar-refractivity contribution in [2.45, 2.75) is 16.7 Å². The lowest BCUT2D eigenvalue weighted by Gasteiger charge is -2.30. The van der Waals surface area contributed by atoms with Gasteiger partial charge in [0.15, 0.2) is 0 Å². The van der Waals surface area contributed by atoms with Gasteiger partial charge in [-0.15, -0.1) is 11.3 Å². The molecule has 1 unspecified atom stereocenters. The van der Waals surface area contributed by atoms with Gasteiger partial charge in [0.25, 0.3) is 10.0 Å². The largest absolute Gasteiger partial charge is 0.308 e. The lowest BCUT2D eigenvalue weighted by molar-refractivity contribution is 0.271. The second-order valence-corrected chi connectivity index (χ2v) is 10.7. The van der Waals surface area contributed by atoms with Gasteiger partial charge in [0.05, 0.1) is 3.79 Å². The fourth-order valence-corrected chi connectivity index (χ4v) is 7.19. The van der Waals surface area contributed by atoms with Gasteiger partial charge in [0.2, 0.25) is 0 Å². The molecule has 1 atom stereocenters. The van der Waals surface area contributed by atoms with Crippen molar-refractivity contribution in [2.75, 3.05) is 38.7 Å². The van der Waals surface area contributed by atoms with Crippen LogP contribution in [-0.2, 0) is 10.0 Å². The van der Waals surface area contributed by atoms with Crippen LogP contribution in [0.1, 0.15) is 6.42 Å². The van der Waals surface area contributed by atoms with Crippen LogP contribution >= 0.6 is 39.0 Å². The Morgan fingerprint density at radius 1 is 1.45 bits per heavy atom. The summed E-state index contributed by atoms with van der Waals surface area (Å²) in [7, 11) is 0.599. The molecule has 2 rings (SSSR count). The van der Waals surface area contributed by atoms with Crippen LogP contribution in [0.4, 0.5) is 0 Å². The molecule has 0 aromatic carbocycles. The summed E-state index contributed by atoms with van der Waals surface area (Å²) in [6, 6.07) is 3.53. The molecule has 1 fully saturated rings. The molecule has 1 aromatic rings. The van der Waals surface area contributed by atoms with Crippen LogP contribution in [0.15, 0.2) is 20.1 Å². The van der Waals surface area contributed by atoms with Crippen molar-refractivity contribution in [1.29, 1.82) is 0 Å². The first-order chi connectivity index (χ1) is 9.41. The summed E-state index contributed by atoms with van der Waals surface area (Å²) in [4.78, 5) is 2.06. The number of hydrogen-bond acceptors (Lipinski definition) is 5. The topological polar surface area (TPSA) is 40.6 Å². The summed E-state index contributed by atoms with van der Waals surface area (Å²) in [6.07, 6.45) is 0.917. The van der Waals surface area contributed by atoms with E-state index >= 15 is 0 Å². The van der Waals surface area contributed by atoms with Gasteiger partial charge in [0, 0.05) is 24.9 Å². The highest BCUT2D eigenvalue weighted by atomic mass is 79.9. The summed E-state index contributed by atoms with van der Waals surface area (Å²) >= 11 is 6.47. The van der Waals surface area contributed by atoms with E-state index in [1.807, 2.05) is 25.9 Å². The van der Waals surface area contributed by atoms with E-state index in [0.717, 1.165) is 28.3 Å². The van der Waals surface area contributed by atoms with Crippen molar-refractivity contribution < 1.29 is 8.42 Å². The summed E-state index contributed by atoms with van der Waals surface area (Å²) in [5.41, 5.74) is 0. The van der Waals surface area contributed by atoms with E-state index in [1.165, 1.54) is 11.3 Å². The van der Waals surface area contributed by atoms with Crippen molar-refractivity contribution in [3.05, 3.63) is 15.9 Å². The first kappa shape index (κ1) is 16.8. The summed E-state index contributed by atoms with van der Waals surface area (Å²) in [5.74, 6) is 1.90. The molecule has 0 radical (unpaired) electrons. The van der Waals surface area contributed by atoms with Crippen LogP contribution in [0.25, 0.3) is 0 Å². The Balaban J connectivity index is 2.29. The molecule has 0 spiro atoms. The predicted octanol–water partition coefficient (Wildman–Crippen LogP) is 2.57. The lowest BCUT2D eigenvalue weighted by atomic mass is 10.3. The minimum absolute atomic E-state index is 0.0448. The number of thiophene rings is 1. The van der Waals surface area contributed by atoms with Gasteiger partial charge < -0.3 is 4.90 Å². The molecular weight excluding hydrogens is 380 g/mol. The van der Waals surface area contributed by atoms with E-state index in [9.17, 15) is 8.42 Å². The molecule has 0 saturated carbocycles. The number of sulfonamides is 1. The van der Waals surface area contributed by atoms with Crippen molar-refractivity contribution in [3.8, 4) is 0 Å². The van der Waals surface area contributed by atoms with Crippen LogP contribution in [-0.4, -0.2) is 62.4 Å². The van der Waals surface area contributed by atoms with Crippen LogP contribution in [0.5, 0.6) is 0 Å². The Bertz CT molecular complexity index is 545. The van der Waals surface area contributed by atoms with Gasteiger partial charge in [-0.3, -0.25) is 0 Å². The molecule has 0 N–H and O–H groups in total. The first-order valence-electron chi connectivity index (χ1n) is 6.41. The smallest absolute Gasteiger partial charge is 0.252 e. The third-order valence-corrected chi connectivity index (χ3v) is 8.31. The zero-order chi connectivity index (χ0) is 14.8. The van der Waals surface area contributed by atoms with Gasteiger partial charge in [-0.2, -0.15) is 16.1 Å². The molecule has 0 aliphatic carbocycles. The zero-order valence-corrected chi connectivity index (χ0v) is 15.6. The van der Waals surface area contributed by atoms with E-state index in [2.05, 4.69) is 20.8 Å². The second-order valence-electron chi connectivity index (χ2n) is 5.02. The molecule has 0 amide bonds.